The molecule has 2 saturated heterocycles. The first-order valence-electron chi connectivity index (χ1n) is 12.4. The number of methoxy groups -OCH3 is 1. The van der Waals surface area contributed by atoms with Crippen LogP contribution in [0.2, 0.25) is 0 Å². The van der Waals surface area contributed by atoms with E-state index in [9.17, 15) is 0 Å². The molecule has 0 unspecified atom stereocenters. The largest absolute Gasteiger partial charge is 0.496 e. The van der Waals surface area contributed by atoms with Crippen LogP contribution in [0.15, 0.2) is 64.3 Å². The van der Waals surface area contributed by atoms with E-state index in [2.05, 4.69) is 55.4 Å². The average molecular weight is 464 g/mol. The lowest BCUT2D eigenvalue weighted by molar-refractivity contribution is 0.282. The number of amidine groups is 1. The Balaban J connectivity index is 1.89. The molecule has 2 aliphatic rings. The molecule has 2 heterocycles. The van der Waals surface area contributed by atoms with Gasteiger partial charge in [0.15, 0.2) is 0 Å². The fraction of sp³-hybridized carbons (Fsp3) is 0.500. The molecule has 0 bridgehead atoms. The second kappa shape index (κ2) is 12.0. The van der Waals surface area contributed by atoms with Crippen LogP contribution in [0.5, 0.6) is 5.75 Å². The lowest BCUT2D eigenvalue weighted by Gasteiger charge is -2.39. The minimum Gasteiger partial charge on any atom is -0.496 e. The van der Waals surface area contributed by atoms with E-state index < -0.39 is 0 Å². The summed E-state index contributed by atoms with van der Waals surface area (Å²) in [6.07, 6.45) is 8.60. The minimum absolute atomic E-state index is 0.160. The van der Waals surface area contributed by atoms with Crippen molar-refractivity contribution in [3.05, 3.63) is 59.8 Å². The van der Waals surface area contributed by atoms with Crippen molar-refractivity contribution in [2.75, 3.05) is 33.8 Å². The lowest BCUT2D eigenvalue weighted by atomic mass is 9.95. The van der Waals surface area contributed by atoms with Gasteiger partial charge in [-0.3, -0.25) is 4.99 Å². The van der Waals surface area contributed by atoms with E-state index >= 15 is 0 Å². The van der Waals surface area contributed by atoms with E-state index in [1.54, 1.807) is 7.11 Å². The Morgan fingerprint density at radius 3 is 2.59 bits per heavy atom. The van der Waals surface area contributed by atoms with Crippen LogP contribution >= 0.6 is 0 Å². The van der Waals surface area contributed by atoms with E-state index in [0.717, 1.165) is 73.2 Å². The molecule has 1 aromatic rings. The number of para-hydroxylation sites is 1. The zero-order chi connectivity index (χ0) is 24.7. The third-order valence-electron chi connectivity index (χ3n) is 6.82. The van der Waals surface area contributed by atoms with Crippen molar-refractivity contribution in [1.82, 2.24) is 9.80 Å². The first kappa shape index (κ1) is 25.8. The van der Waals surface area contributed by atoms with Crippen molar-refractivity contribution in [2.45, 2.75) is 58.5 Å². The smallest absolute Gasteiger partial charge is 0.131 e. The van der Waals surface area contributed by atoms with Crippen LogP contribution in [0.4, 0.5) is 0 Å². The van der Waals surface area contributed by atoms with Crippen molar-refractivity contribution >= 4 is 17.2 Å². The number of allylic oxidation sites excluding steroid dienone is 2. The number of hydrogen-bond acceptors (Lipinski definition) is 5. The number of hydrogen-bond donors (Lipinski definition) is 1. The van der Waals surface area contributed by atoms with Crippen LogP contribution < -0.4 is 10.5 Å². The predicted molar refractivity (Wildman–Crippen MR) is 145 cm³/mol. The van der Waals surface area contributed by atoms with E-state index in [1.165, 1.54) is 12.0 Å². The van der Waals surface area contributed by atoms with Gasteiger partial charge in [0.2, 0.25) is 0 Å². The summed E-state index contributed by atoms with van der Waals surface area (Å²) in [6, 6.07) is 8.46. The fourth-order valence-corrected chi connectivity index (χ4v) is 4.84. The number of ether oxygens (including phenoxy) is 1. The van der Waals surface area contributed by atoms with Gasteiger partial charge in [0.25, 0.3) is 0 Å². The number of nitrogens with zero attached hydrogens (tertiary/aromatic N) is 4. The molecule has 0 amide bonds. The number of piperidine rings is 1. The number of benzene rings is 1. The molecule has 34 heavy (non-hydrogen) atoms. The molecule has 0 spiro atoms. The van der Waals surface area contributed by atoms with Crippen LogP contribution in [-0.2, 0) is 0 Å². The molecule has 2 fully saturated rings. The normalized spacial score (nSPS) is 22.9. The van der Waals surface area contributed by atoms with Gasteiger partial charge in [-0.2, -0.15) is 0 Å². The van der Waals surface area contributed by atoms with Gasteiger partial charge in [-0.15, -0.1) is 0 Å². The van der Waals surface area contributed by atoms with Crippen LogP contribution in [0.1, 0.15) is 52.0 Å². The summed E-state index contributed by atoms with van der Waals surface area (Å²) in [5.74, 6) is 1.86. The molecule has 2 N–H and O–H groups in total. The Morgan fingerprint density at radius 2 is 1.94 bits per heavy atom. The highest BCUT2D eigenvalue weighted by atomic mass is 16.5. The third kappa shape index (κ3) is 5.98. The molecule has 0 radical (unpaired) electrons. The van der Waals surface area contributed by atoms with Crippen molar-refractivity contribution in [3.63, 3.8) is 0 Å². The maximum atomic E-state index is 6.17. The fourth-order valence-electron chi connectivity index (χ4n) is 4.84. The maximum Gasteiger partial charge on any atom is 0.131 e. The molecule has 0 aromatic heterocycles. The van der Waals surface area contributed by atoms with E-state index in [0.29, 0.717) is 0 Å². The molecule has 6 nitrogen and oxygen atoms in total. The molecule has 0 aliphatic carbocycles. The number of nitrogens with two attached hydrogens (primary N) is 1. The van der Waals surface area contributed by atoms with Gasteiger partial charge in [-0.05, 0) is 70.2 Å². The monoisotopic (exact) mass is 463 g/mol. The summed E-state index contributed by atoms with van der Waals surface area (Å²) in [7, 11) is 3.58. The van der Waals surface area contributed by atoms with Crippen LogP contribution in [-0.4, -0.2) is 67.2 Å². The average Bonchev–Trinajstić information content (AvgIpc) is 3.30. The zero-order valence-corrected chi connectivity index (χ0v) is 21.6. The standard InChI is InChI=1S/C28H41N5O/c1-7-20(2)28(32-17-15-23(29)19-32)31-21(3)18-25(30-5)26-13-10-11-16-33(26)22(4)24-12-8-9-14-27(24)34-6/h7-9,12,14,18,23,26H,4,10-11,13,15-17,19,29H2,1-3,5-6H3/b20-7-,21-18+,30-25?,31-28+/t23-,26-/m0/s1. The number of aliphatic imine (C=N–C) groups is 2. The van der Waals surface area contributed by atoms with Gasteiger partial charge < -0.3 is 20.3 Å². The summed E-state index contributed by atoms with van der Waals surface area (Å²) in [5.41, 5.74) is 11.3. The molecular weight excluding hydrogens is 422 g/mol. The molecule has 0 saturated carbocycles. The molecule has 3 rings (SSSR count). The molecule has 2 atom stereocenters. The van der Waals surface area contributed by atoms with E-state index in [4.69, 9.17) is 20.5 Å². The molecule has 1 aromatic carbocycles. The molecule has 184 valence electrons. The Labute approximate surface area is 205 Å². The second-order valence-corrected chi connectivity index (χ2v) is 9.19. The van der Waals surface area contributed by atoms with Gasteiger partial charge in [-0.1, -0.05) is 24.8 Å². The molecule has 6 heteroatoms. The Morgan fingerprint density at radius 1 is 1.18 bits per heavy atom. The van der Waals surface area contributed by atoms with Crippen LogP contribution in [0.3, 0.4) is 0 Å². The topological polar surface area (TPSA) is 66.5 Å². The zero-order valence-electron chi connectivity index (χ0n) is 21.6. The minimum atomic E-state index is 0.160. The quantitative estimate of drug-likeness (QED) is 0.462. The van der Waals surface area contributed by atoms with Crippen molar-refractivity contribution < 1.29 is 4.74 Å². The summed E-state index contributed by atoms with van der Waals surface area (Å²) < 4.78 is 5.61. The third-order valence-corrected chi connectivity index (χ3v) is 6.82. The van der Waals surface area contributed by atoms with Gasteiger partial charge in [0.1, 0.15) is 11.6 Å². The van der Waals surface area contributed by atoms with Crippen molar-refractivity contribution in [2.24, 2.45) is 15.7 Å². The predicted octanol–water partition coefficient (Wildman–Crippen LogP) is 4.89. The summed E-state index contributed by atoms with van der Waals surface area (Å²) in [6.45, 7) is 13.4. The second-order valence-electron chi connectivity index (χ2n) is 9.19. The Hall–Kier alpha value is -2.86. The van der Waals surface area contributed by atoms with E-state index in [1.807, 2.05) is 25.2 Å². The molecule has 2 aliphatic heterocycles. The highest BCUT2D eigenvalue weighted by molar-refractivity contribution is 6.02. The Kier molecular flexibility index (Phi) is 9.11. The van der Waals surface area contributed by atoms with Crippen LogP contribution in [0, 0.1) is 0 Å². The lowest BCUT2D eigenvalue weighted by Crippen LogP contribution is -2.42. The highest BCUT2D eigenvalue weighted by Crippen LogP contribution is 2.32. The van der Waals surface area contributed by atoms with Gasteiger partial charge in [0, 0.05) is 49.7 Å². The first-order chi connectivity index (χ1) is 16.4. The summed E-state index contributed by atoms with van der Waals surface area (Å²) in [5, 5.41) is 0. The van der Waals surface area contributed by atoms with E-state index in [-0.39, 0.29) is 12.1 Å². The van der Waals surface area contributed by atoms with Crippen molar-refractivity contribution in [3.8, 4) is 5.75 Å². The van der Waals surface area contributed by atoms with Crippen molar-refractivity contribution in [1.29, 1.82) is 0 Å². The Bertz CT molecular complexity index is 990. The highest BCUT2D eigenvalue weighted by Gasteiger charge is 2.28. The first-order valence-corrected chi connectivity index (χ1v) is 12.4. The summed E-state index contributed by atoms with van der Waals surface area (Å²) in [4.78, 5) is 14.4. The molecular formula is C28H41N5O. The van der Waals surface area contributed by atoms with Crippen LogP contribution in [0.25, 0.3) is 5.70 Å². The summed E-state index contributed by atoms with van der Waals surface area (Å²) >= 11 is 0. The van der Waals surface area contributed by atoms with Gasteiger partial charge in [-0.25, -0.2) is 4.99 Å². The number of likely N-dealkylation sites (tertiary alicyclic amines) is 2. The van der Waals surface area contributed by atoms with Gasteiger partial charge >= 0.3 is 0 Å². The SMILES string of the molecule is C=C(c1ccccc1OC)N1CCCC[C@H]1C(/C=C(C)/N=C(\C(C)=C/C)N1CC[C@H](N)C1)=NC. The number of rotatable bonds is 7. The maximum absolute atomic E-state index is 6.17. The van der Waals surface area contributed by atoms with Gasteiger partial charge in [0.05, 0.1) is 18.9 Å².